The summed E-state index contributed by atoms with van der Waals surface area (Å²) >= 11 is 0. The van der Waals surface area contributed by atoms with Gasteiger partial charge in [-0.05, 0) is 48.4 Å². The van der Waals surface area contributed by atoms with Crippen LogP contribution in [0, 0.1) is 6.92 Å². The van der Waals surface area contributed by atoms with Crippen molar-refractivity contribution in [2.24, 2.45) is 0 Å². The van der Waals surface area contributed by atoms with Crippen LogP contribution in [0.4, 0.5) is 0 Å². The summed E-state index contributed by atoms with van der Waals surface area (Å²) in [5, 5.41) is 9.69. The second-order valence-corrected chi connectivity index (χ2v) is 7.39. The molecule has 0 saturated heterocycles. The van der Waals surface area contributed by atoms with Gasteiger partial charge in [0.15, 0.2) is 17.3 Å². The molecule has 4 rings (SSSR count). The first-order valence-electron chi connectivity index (χ1n) is 11.0. The number of nitrogens with zero attached hydrogens (tertiary/aromatic N) is 1. The number of methoxy groups -OCH3 is 1. The van der Waals surface area contributed by atoms with Crippen molar-refractivity contribution in [3.63, 3.8) is 0 Å². The van der Waals surface area contributed by atoms with E-state index in [2.05, 4.69) is 4.98 Å². The average Bonchev–Trinajstić information content (AvgIpc) is 3.26. The molecule has 0 fully saturated rings. The number of H-pyrrole nitrogens is 1. The molecule has 6 heteroatoms. The Hall–Kier alpha value is -4.32. The smallest absolute Gasteiger partial charge is 0.330 e. The van der Waals surface area contributed by atoms with Crippen molar-refractivity contribution in [3.8, 4) is 28.4 Å². The minimum Gasteiger partial charge on any atom is -0.504 e. The number of imidazole rings is 1. The Morgan fingerprint density at radius 1 is 1.03 bits per heavy atom. The molecule has 0 radical (unpaired) electrons. The summed E-state index contributed by atoms with van der Waals surface area (Å²) in [7, 11) is 1.46. The summed E-state index contributed by atoms with van der Waals surface area (Å²) in [5.74, 6) is 0.157. The molecule has 6 nitrogen and oxygen atoms in total. The number of allylic oxidation sites excluding steroid dienone is 1. The maximum absolute atomic E-state index is 12.7. The summed E-state index contributed by atoms with van der Waals surface area (Å²) in [6.07, 6.45) is 4.83. The SMILES string of the molecule is CC.COc1cc(/C=C/C(=O)c2cccc(-n3cc(-c4ccc(C)cc4)[nH]c3=O)c2)ccc1O. The van der Waals surface area contributed by atoms with Crippen LogP contribution in [-0.2, 0) is 0 Å². The van der Waals surface area contributed by atoms with Gasteiger partial charge in [0.1, 0.15) is 0 Å². The van der Waals surface area contributed by atoms with E-state index >= 15 is 0 Å². The number of rotatable bonds is 6. The molecule has 34 heavy (non-hydrogen) atoms. The molecule has 0 aliphatic heterocycles. The van der Waals surface area contributed by atoms with Gasteiger partial charge in [0.2, 0.25) is 0 Å². The topological polar surface area (TPSA) is 84.3 Å². The zero-order valence-electron chi connectivity index (χ0n) is 19.7. The Morgan fingerprint density at radius 2 is 1.76 bits per heavy atom. The molecule has 0 atom stereocenters. The third-order valence-electron chi connectivity index (χ3n) is 5.12. The van der Waals surface area contributed by atoms with E-state index in [4.69, 9.17) is 4.74 Å². The van der Waals surface area contributed by atoms with Gasteiger partial charge in [0, 0.05) is 11.8 Å². The van der Waals surface area contributed by atoms with Crippen LogP contribution in [0.3, 0.4) is 0 Å². The predicted molar refractivity (Wildman–Crippen MR) is 136 cm³/mol. The maximum atomic E-state index is 12.7. The molecule has 0 saturated carbocycles. The highest BCUT2D eigenvalue weighted by molar-refractivity contribution is 6.07. The lowest BCUT2D eigenvalue weighted by molar-refractivity contribution is 0.104. The summed E-state index contributed by atoms with van der Waals surface area (Å²) in [5.41, 5.74) is 4.23. The quantitative estimate of drug-likeness (QED) is 0.285. The molecular weight excluding hydrogens is 428 g/mol. The molecule has 0 spiro atoms. The summed E-state index contributed by atoms with van der Waals surface area (Å²) in [6.45, 7) is 6.01. The average molecular weight is 457 g/mol. The van der Waals surface area contributed by atoms with E-state index in [0.717, 1.165) is 11.1 Å². The summed E-state index contributed by atoms with van der Waals surface area (Å²) < 4.78 is 6.58. The number of aryl methyl sites for hydroxylation is 1. The van der Waals surface area contributed by atoms with Crippen LogP contribution in [0.15, 0.2) is 83.8 Å². The van der Waals surface area contributed by atoms with E-state index in [1.54, 1.807) is 48.7 Å². The number of hydrogen-bond donors (Lipinski definition) is 2. The van der Waals surface area contributed by atoms with Gasteiger partial charge in [-0.25, -0.2) is 4.79 Å². The van der Waals surface area contributed by atoms with E-state index in [0.29, 0.717) is 28.3 Å². The van der Waals surface area contributed by atoms with Gasteiger partial charge in [0.25, 0.3) is 0 Å². The van der Waals surface area contributed by atoms with Crippen LogP contribution < -0.4 is 10.4 Å². The Kier molecular flexibility index (Phi) is 7.88. The molecule has 3 aromatic carbocycles. The van der Waals surface area contributed by atoms with Gasteiger partial charge >= 0.3 is 5.69 Å². The summed E-state index contributed by atoms with van der Waals surface area (Å²) in [4.78, 5) is 28.1. The van der Waals surface area contributed by atoms with Crippen molar-refractivity contribution in [3.05, 3.63) is 106 Å². The van der Waals surface area contributed by atoms with Crippen LogP contribution in [-0.4, -0.2) is 27.6 Å². The number of aromatic hydroxyl groups is 1. The number of aromatic nitrogens is 2. The van der Waals surface area contributed by atoms with Crippen molar-refractivity contribution >= 4 is 11.9 Å². The fourth-order valence-corrected chi connectivity index (χ4v) is 3.34. The first-order valence-corrected chi connectivity index (χ1v) is 11.0. The highest BCUT2D eigenvalue weighted by Crippen LogP contribution is 2.27. The molecule has 4 aromatic rings. The van der Waals surface area contributed by atoms with Crippen LogP contribution in [0.1, 0.15) is 35.3 Å². The van der Waals surface area contributed by atoms with Crippen molar-refractivity contribution in [2.75, 3.05) is 7.11 Å². The van der Waals surface area contributed by atoms with Gasteiger partial charge < -0.3 is 14.8 Å². The number of nitrogens with one attached hydrogen (secondary N) is 1. The largest absolute Gasteiger partial charge is 0.504 e. The summed E-state index contributed by atoms with van der Waals surface area (Å²) in [6, 6.07) is 19.6. The second kappa shape index (κ2) is 11.0. The number of phenols is 1. The molecule has 1 aromatic heterocycles. The van der Waals surface area contributed by atoms with Crippen molar-refractivity contribution in [1.29, 1.82) is 0 Å². The fourth-order valence-electron chi connectivity index (χ4n) is 3.34. The number of hydrogen-bond acceptors (Lipinski definition) is 4. The number of aromatic amines is 1. The number of ketones is 1. The lowest BCUT2D eigenvalue weighted by Gasteiger charge is -2.04. The van der Waals surface area contributed by atoms with Gasteiger partial charge in [-0.15, -0.1) is 0 Å². The van der Waals surface area contributed by atoms with E-state index in [1.807, 2.05) is 45.0 Å². The van der Waals surface area contributed by atoms with Crippen molar-refractivity contribution < 1.29 is 14.6 Å². The van der Waals surface area contributed by atoms with Gasteiger partial charge in [0.05, 0.1) is 18.5 Å². The molecular formula is C28H28N2O4. The molecule has 0 bridgehead atoms. The maximum Gasteiger partial charge on any atom is 0.330 e. The normalized spacial score (nSPS) is 10.6. The minimum absolute atomic E-state index is 0.0330. The molecule has 1 heterocycles. The zero-order chi connectivity index (χ0) is 24.7. The van der Waals surface area contributed by atoms with Gasteiger partial charge in [-0.2, -0.15) is 0 Å². The monoisotopic (exact) mass is 456 g/mol. The van der Waals surface area contributed by atoms with Gasteiger partial charge in [-0.1, -0.05) is 68.0 Å². The molecule has 0 amide bonds. The fraction of sp³-hybridized carbons (Fsp3) is 0.143. The Balaban J connectivity index is 0.00000158. The van der Waals surface area contributed by atoms with Crippen LogP contribution >= 0.6 is 0 Å². The second-order valence-electron chi connectivity index (χ2n) is 7.39. The number of carbonyl (C=O) groups is 1. The lowest BCUT2D eigenvalue weighted by Crippen LogP contribution is -2.14. The van der Waals surface area contributed by atoms with Crippen LogP contribution in [0.2, 0.25) is 0 Å². The number of benzene rings is 3. The zero-order valence-corrected chi connectivity index (χ0v) is 19.7. The van der Waals surface area contributed by atoms with Crippen LogP contribution in [0.25, 0.3) is 23.0 Å². The highest BCUT2D eigenvalue weighted by Gasteiger charge is 2.10. The molecule has 0 aliphatic rings. The number of ether oxygens (including phenoxy) is 1. The molecule has 0 aliphatic carbocycles. The van der Waals surface area contributed by atoms with Crippen molar-refractivity contribution in [1.82, 2.24) is 9.55 Å². The lowest BCUT2D eigenvalue weighted by atomic mass is 10.1. The van der Waals surface area contributed by atoms with E-state index in [9.17, 15) is 14.7 Å². The Morgan fingerprint density at radius 3 is 2.47 bits per heavy atom. The van der Waals surface area contributed by atoms with Crippen LogP contribution in [0.5, 0.6) is 11.5 Å². The minimum atomic E-state index is -0.281. The Labute approximate surface area is 198 Å². The van der Waals surface area contributed by atoms with Crippen molar-refractivity contribution in [2.45, 2.75) is 20.8 Å². The third-order valence-corrected chi connectivity index (χ3v) is 5.12. The first-order chi connectivity index (χ1) is 16.4. The molecule has 2 N–H and O–H groups in total. The number of phenolic OH excluding ortho intramolecular Hbond substituents is 1. The Bertz CT molecular complexity index is 1360. The number of carbonyl (C=O) groups excluding carboxylic acids is 1. The van der Waals surface area contributed by atoms with E-state index in [1.165, 1.54) is 23.8 Å². The molecule has 0 unspecified atom stereocenters. The standard InChI is InChI=1S/C26H22N2O4.C2H6/c1-17-6-10-19(11-7-17)22-16-28(26(31)27-22)21-5-3-4-20(15-21)23(29)12-8-18-9-13-24(30)25(14-18)32-2;1-2/h3-16,30H,1-2H3,(H,27,31);1-2H3/b12-8+;. The van der Waals surface area contributed by atoms with E-state index in [-0.39, 0.29) is 17.2 Å². The first kappa shape index (κ1) is 24.3. The molecule has 174 valence electrons. The predicted octanol–water partition coefficient (Wildman–Crippen LogP) is 5.78. The van der Waals surface area contributed by atoms with Gasteiger partial charge in [-0.3, -0.25) is 9.36 Å². The van der Waals surface area contributed by atoms with E-state index < -0.39 is 0 Å². The highest BCUT2D eigenvalue weighted by atomic mass is 16.5. The third kappa shape index (κ3) is 5.53.